The van der Waals surface area contributed by atoms with Gasteiger partial charge in [0.25, 0.3) is 0 Å². The summed E-state index contributed by atoms with van der Waals surface area (Å²) in [7, 11) is 1.53. The molecule has 4 aromatic rings. The number of Topliss-reactive ketones (excluding diaryl/α,β-unsaturated/α-hetero) is 1. The first-order chi connectivity index (χ1) is 16.2. The van der Waals surface area contributed by atoms with Gasteiger partial charge < -0.3 is 4.74 Å². The molecular weight excluding hydrogens is 443 g/mol. The molecule has 2 aromatic heterocycles. The molecule has 0 amide bonds. The molecule has 2 aromatic carbocycles. The second-order valence-corrected chi connectivity index (χ2v) is 8.22. The predicted molar refractivity (Wildman–Crippen MR) is 124 cm³/mol. The van der Waals surface area contributed by atoms with E-state index in [-0.39, 0.29) is 47.3 Å². The van der Waals surface area contributed by atoms with Crippen LogP contribution in [-0.4, -0.2) is 27.2 Å². The van der Waals surface area contributed by atoms with E-state index in [9.17, 15) is 18.0 Å². The maximum atomic E-state index is 14.0. The van der Waals surface area contributed by atoms with E-state index in [1.807, 2.05) is 37.3 Å². The Labute approximate surface area is 195 Å². The zero-order valence-corrected chi connectivity index (χ0v) is 18.8. The smallest absolute Gasteiger partial charge is 0.417 e. The van der Waals surface area contributed by atoms with Crippen molar-refractivity contribution in [2.75, 3.05) is 6.61 Å². The lowest BCUT2D eigenvalue weighted by Gasteiger charge is -2.13. The van der Waals surface area contributed by atoms with E-state index in [2.05, 4.69) is 10.1 Å². The molecule has 0 saturated heterocycles. The van der Waals surface area contributed by atoms with Gasteiger partial charge in [-0.3, -0.25) is 4.79 Å². The summed E-state index contributed by atoms with van der Waals surface area (Å²) in [6.07, 6.45) is -3.77. The molecule has 0 saturated carbocycles. The Kier molecular flexibility index (Phi) is 6.68. The zero-order chi connectivity index (χ0) is 24.3. The van der Waals surface area contributed by atoms with Crippen LogP contribution in [0, 0.1) is 0 Å². The monoisotopic (exact) mass is 467 g/mol. The number of benzene rings is 2. The number of rotatable bonds is 8. The lowest BCUT2D eigenvalue weighted by Crippen LogP contribution is -2.14. The van der Waals surface area contributed by atoms with Crippen LogP contribution in [0.15, 0.2) is 66.7 Å². The third-order valence-electron chi connectivity index (χ3n) is 5.73. The number of carbonyl (C=O) groups is 1. The Morgan fingerprint density at radius 3 is 2.35 bits per heavy atom. The highest BCUT2D eigenvalue weighted by Gasteiger charge is 2.36. The van der Waals surface area contributed by atoms with Crippen LogP contribution in [0.2, 0.25) is 0 Å². The van der Waals surface area contributed by atoms with Crippen molar-refractivity contribution >= 4 is 16.8 Å². The molecule has 0 N–H and O–H groups in total. The van der Waals surface area contributed by atoms with Gasteiger partial charge in [0.15, 0.2) is 11.4 Å². The largest absolute Gasteiger partial charge is 0.470 e. The van der Waals surface area contributed by atoms with Gasteiger partial charge in [0.1, 0.15) is 12.3 Å². The van der Waals surface area contributed by atoms with Crippen LogP contribution in [0.4, 0.5) is 13.2 Å². The van der Waals surface area contributed by atoms with Crippen LogP contribution >= 0.6 is 0 Å². The van der Waals surface area contributed by atoms with Crippen molar-refractivity contribution in [1.82, 2.24) is 14.8 Å². The van der Waals surface area contributed by atoms with E-state index < -0.39 is 11.7 Å². The van der Waals surface area contributed by atoms with Gasteiger partial charge in [0.05, 0.1) is 10.9 Å². The van der Waals surface area contributed by atoms with E-state index in [1.165, 1.54) is 11.7 Å². The average molecular weight is 467 g/mol. The summed E-state index contributed by atoms with van der Waals surface area (Å²) >= 11 is 0. The zero-order valence-electron chi connectivity index (χ0n) is 18.8. The number of ether oxygens (including phenoxy) is 1. The molecular formula is C26H24F3N3O2. The van der Waals surface area contributed by atoms with Crippen LogP contribution < -0.4 is 4.74 Å². The molecule has 0 aliphatic carbocycles. The quantitative estimate of drug-likeness (QED) is 0.310. The Morgan fingerprint density at radius 2 is 1.71 bits per heavy atom. The molecule has 0 bridgehead atoms. The summed E-state index contributed by atoms with van der Waals surface area (Å²) in [5.41, 5.74) is 1.01. The van der Waals surface area contributed by atoms with E-state index >= 15 is 0 Å². The number of halogens is 3. The Hall–Kier alpha value is -3.68. The molecule has 0 fully saturated rings. The van der Waals surface area contributed by atoms with Gasteiger partial charge in [0.2, 0.25) is 5.88 Å². The van der Waals surface area contributed by atoms with Crippen molar-refractivity contribution in [3.8, 4) is 17.1 Å². The number of aryl methyl sites for hydroxylation is 1. The summed E-state index contributed by atoms with van der Waals surface area (Å²) in [4.78, 5) is 16.6. The van der Waals surface area contributed by atoms with Gasteiger partial charge in [-0.05, 0) is 17.9 Å². The standard InChI is InChI=1S/C26H24F3N3O2/c1-17(18-9-5-3-6-10-18)13-14-20(33)16-34-22-15-21(26(27,28)29)23-24(19-11-7-4-8-12-19)31-32(2)25(23)30-22/h3-12,15,17H,13-14,16H2,1-2H3/t17-/m1/s1. The second-order valence-electron chi connectivity index (χ2n) is 8.22. The fourth-order valence-corrected chi connectivity index (χ4v) is 3.87. The molecule has 0 spiro atoms. The minimum Gasteiger partial charge on any atom is -0.470 e. The Balaban J connectivity index is 1.54. The van der Waals surface area contributed by atoms with E-state index in [4.69, 9.17) is 4.74 Å². The highest BCUT2D eigenvalue weighted by molar-refractivity contribution is 5.94. The van der Waals surface area contributed by atoms with Crippen LogP contribution in [0.25, 0.3) is 22.3 Å². The van der Waals surface area contributed by atoms with Crippen molar-refractivity contribution in [3.05, 3.63) is 77.9 Å². The molecule has 0 aliphatic rings. The van der Waals surface area contributed by atoms with Crippen molar-refractivity contribution in [2.24, 2.45) is 7.05 Å². The fraction of sp³-hybridized carbons (Fsp3) is 0.269. The first-order valence-corrected chi connectivity index (χ1v) is 10.9. The number of fused-ring (bicyclic) bond motifs is 1. The number of alkyl halides is 3. The summed E-state index contributed by atoms with van der Waals surface area (Å²) in [5.74, 6) is -0.276. The Bertz CT molecular complexity index is 1290. The normalized spacial score (nSPS) is 12.6. The summed E-state index contributed by atoms with van der Waals surface area (Å²) < 4.78 is 48.7. The van der Waals surface area contributed by atoms with Gasteiger partial charge in [-0.2, -0.15) is 23.3 Å². The van der Waals surface area contributed by atoms with Crippen LogP contribution in [0.1, 0.15) is 36.8 Å². The molecule has 5 nitrogen and oxygen atoms in total. The maximum Gasteiger partial charge on any atom is 0.417 e. The van der Waals surface area contributed by atoms with Gasteiger partial charge in [0, 0.05) is 25.1 Å². The van der Waals surface area contributed by atoms with Crippen LogP contribution in [0.5, 0.6) is 5.88 Å². The van der Waals surface area contributed by atoms with Gasteiger partial charge in [-0.25, -0.2) is 4.68 Å². The first-order valence-electron chi connectivity index (χ1n) is 10.9. The van der Waals surface area contributed by atoms with Gasteiger partial charge in [-0.15, -0.1) is 0 Å². The summed E-state index contributed by atoms with van der Waals surface area (Å²) in [5, 5.41) is 4.18. The lowest BCUT2D eigenvalue weighted by molar-refractivity contribution is -0.136. The molecule has 0 unspecified atom stereocenters. The molecule has 1 atom stereocenters. The third kappa shape index (κ3) is 5.11. The minimum absolute atomic E-state index is 0.0360. The summed E-state index contributed by atoms with van der Waals surface area (Å²) in [6.45, 7) is 1.68. The SMILES string of the molecule is C[C@H](CCC(=O)COc1cc(C(F)(F)F)c2c(-c3ccccc3)nn(C)c2n1)c1ccccc1. The van der Waals surface area contributed by atoms with E-state index in [0.29, 0.717) is 12.0 Å². The fourth-order valence-electron chi connectivity index (χ4n) is 3.87. The number of pyridine rings is 1. The second kappa shape index (κ2) is 9.67. The molecule has 176 valence electrons. The number of ketones is 1. The van der Waals surface area contributed by atoms with E-state index in [0.717, 1.165) is 11.6 Å². The molecule has 0 radical (unpaired) electrons. The number of nitrogens with zero attached hydrogens (tertiary/aromatic N) is 3. The summed E-state index contributed by atoms with van der Waals surface area (Å²) in [6, 6.07) is 19.3. The van der Waals surface area contributed by atoms with Crippen LogP contribution in [-0.2, 0) is 18.0 Å². The van der Waals surface area contributed by atoms with Gasteiger partial charge in [-0.1, -0.05) is 67.6 Å². The molecule has 4 rings (SSSR count). The van der Waals surface area contributed by atoms with Crippen molar-refractivity contribution in [2.45, 2.75) is 31.9 Å². The van der Waals surface area contributed by atoms with Crippen molar-refractivity contribution in [1.29, 1.82) is 0 Å². The molecule has 2 heterocycles. The molecule has 8 heteroatoms. The number of carbonyl (C=O) groups excluding carboxylic acids is 1. The van der Waals surface area contributed by atoms with Gasteiger partial charge >= 0.3 is 6.18 Å². The highest BCUT2D eigenvalue weighted by Crippen LogP contribution is 2.40. The average Bonchev–Trinajstić information content (AvgIpc) is 3.17. The van der Waals surface area contributed by atoms with Crippen LogP contribution in [0.3, 0.4) is 0 Å². The number of hydrogen-bond donors (Lipinski definition) is 0. The predicted octanol–water partition coefficient (Wildman–Crippen LogP) is 6.19. The minimum atomic E-state index is -4.65. The molecule has 34 heavy (non-hydrogen) atoms. The first kappa shape index (κ1) is 23.5. The third-order valence-corrected chi connectivity index (χ3v) is 5.73. The number of hydrogen-bond acceptors (Lipinski definition) is 4. The van der Waals surface area contributed by atoms with Crippen molar-refractivity contribution < 1.29 is 22.7 Å². The lowest BCUT2D eigenvalue weighted by atomic mass is 9.95. The Morgan fingerprint density at radius 1 is 1.06 bits per heavy atom. The van der Waals surface area contributed by atoms with E-state index in [1.54, 1.807) is 30.3 Å². The number of aromatic nitrogens is 3. The maximum absolute atomic E-state index is 14.0. The highest BCUT2D eigenvalue weighted by atomic mass is 19.4. The molecule has 0 aliphatic heterocycles. The van der Waals surface area contributed by atoms with Crippen molar-refractivity contribution in [3.63, 3.8) is 0 Å². The topological polar surface area (TPSA) is 57.0 Å².